The van der Waals surface area contributed by atoms with Gasteiger partial charge in [0.25, 0.3) is 5.91 Å². The van der Waals surface area contributed by atoms with E-state index in [1.54, 1.807) is 12.1 Å². The lowest BCUT2D eigenvalue weighted by Crippen LogP contribution is -2.53. The third-order valence-corrected chi connectivity index (χ3v) is 7.85. The van der Waals surface area contributed by atoms with Crippen LogP contribution in [0.5, 0.6) is 5.75 Å². The number of carbonyl (C=O) groups is 2. The summed E-state index contributed by atoms with van der Waals surface area (Å²) in [5.41, 5.74) is 5.95. The summed E-state index contributed by atoms with van der Waals surface area (Å²) >= 11 is 0. The lowest BCUT2D eigenvalue weighted by Gasteiger charge is -2.38. The topological polar surface area (TPSA) is 88.8 Å². The van der Waals surface area contributed by atoms with Crippen molar-refractivity contribution in [3.63, 3.8) is 0 Å². The summed E-state index contributed by atoms with van der Waals surface area (Å²) in [4.78, 5) is 34.8. The van der Waals surface area contributed by atoms with E-state index in [1.165, 1.54) is 35.4 Å². The van der Waals surface area contributed by atoms with Gasteiger partial charge in [0.05, 0.1) is 11.6 Å². The number of rotatable bonds is 9. The number of hydrogen-bond acceptors (Lipinski definition) is 5. The highest BCUT2D eigenvalue weighted by Crippen LogP contribution is 2.35. The molecule has 0 saturated carbocycles. The third-order valence-electron chi connectivity index (χ3n) is 7.85. The van der Waals surface area contributed by atoms with E-state index in [0.29, 0.717) is 35.4 Å². The van der Waals surface area contributed by atoms with Crippen LogP contribution in [0.4, 0.5) is 19.0 Å². The number of hydrogen-bond donors (Lipinski definition) is 1. The van der Waals surface area contributed by atoms with Gasteiger partial charge in [0.2, 0.25) is 5.91 Å². The Morgan fingerprint density at radius 3 is 2.36 bits per heavy atom. The number of likely N-dealkylation sites (tertiary alicyclic amines) is 1. The summed E-state index contributed by atoms with van der Waals surface area (Å²) in [5.74, 6) is -2.47. The van der Waals surface area contributed by atoms with Gasteiger partial charge in [-0.15, -0.1) is 0 Å². The summed E-state index contributed by atoms with van der Waals surface area (Å²) in [6.07, 6.45) is 1.76. The first-order chi connectivity index (χ1) is 21.4. The number of halogens is 3. The molecule has 234 valence electrons. The van der Waals surface area contributed by atoms with Gasteiger partial charge in [-0.1, -0.05) is 24.3 Å². The van der Waals surface area contributed by atoms with Crippen molar-refractivity contribution in [1.29, 1.82) is 0 Å². The summed E-state index contributed by atoms with van der Waals surface area (Å²) in [6.45, 7) is 6.59. The molecule has 7 nitrogen and oxygen atoms in total. The fourth-order valence-electron chi connectivity index (χ4n) is 5.77. The number of ether oxygens (including phenoxy) is 1. The second-order valence-corrected chi connectivity index (χ2v) is 12.1. The van der Waals surface area contributed by atoms with Gasteiger partial charge in [0, 0.05) is 42.9 Å². The van der Waals surface area contributed by atoms with Crippen molar-refractivity contribution in [2.24, 2.45) is 5.73 Å². The molecule has 1 aliphatic heterocycles. The van der Waals surface area contributed by atoms with Crippen molar-refractivity contribution >= 4 is 17.6 Å². The van der Waals surface area contributed by atoms with Crippen molar-refractivity contribution in [1.82, 2.24) is 9.88 Å². The predicted octanol–water partition coefficient (Wildman–Crippen LogP) is 6.16. The molecule has 4 aromatic rings. The minimum Gasteiger partial charge on any atom is -0.489 e. The fraction of sp³-hybridized carbons (Fsp3) is 0.286. The first-order valence-electron chi connectivity index (χ1n) is 14.7. The number of primary amides is 1. The molecule has 0 spiro atoms. The monoisotopic (exact) mass is 616 g/mol. The Balaban J connectivity index is 1.55. The Kier molecular flexibility index (Phi) is 9.24. The molecule has 10 heteroatoms. The molecule has 1 saturated heterocycles. The quantitative estimate of drug-likeness (QED) is 0.243. The second-order valence-electron chi connectivity index (χ2n) is 12.1. The summed E-state index contributed by atoms with van der Waals surface area (Å²) < 4.78 is 48.8. The van der Waals surface area contributed by atoms with E-state index >= 15 is 0 Å². The van der Waals surface area contributed by atoms with E-state index in [4.69, 9.17) is 10.5 Å². The molecule has 0 unspecified atom stereocenters. The van der Waals surface area contributed by atoms with Crippen LogP contribution in [0.15, 0.2) is 85.1 Å². The van der Waals surface area contributed by atoms with Gasteiger partial charge in [0.1, 0.15) is 35.1 Å². The van der Waals surface area contributed by atoms with Crippen LogP contribution in [-0.4, -0.2) is 52.5 Å². The van der Waals surface area contributed by atoms with Crippen LogP contribution < -0.4 is 15.4 Å². The Labute approximate surface area is 260 Å². The number of carbonyl (C=O) groups excluding carboxylic acids is 2. The molecule has 0 aliphatic carbocycles. The van der Waals surface area contributed by atoms with Crippen LogP contribution in [0, 0.1) is 17.5 Å². The van der Waals surface area contributed by atoms with Crippen LogP contribution in [0.25, 0.3) is 11.1 Å². The van der Waals surface area contributed by atoms with Crippen LogP contribution >= 0.6 is 0 Å². The van der Waals surface area contributed by atoms with Crippen LogP contribution in [0.3, 0.4) is 0 Å². The maximum atomic E-state index is 14.7. The molecule has 3 aromatic carbocycles. The van der Waals surface area contributed by atoms with Gasteiger partial charge >= 0.3 is 0 Å². The summed E-state index contributed by atoms with van der Waals surface area (Å²) in [7, 11) is 0. The molecule has 1 aromatic heterocycles. The molecule has 0 bridgehead atoms. The second kappa shape index (κ2) is 13.1. The zero-order chi connectivity index (χ0) is 32.3. The first-order valence-corrected chi connectivity index (χ1v) is 14.7. The smallest absolute Gasteiger partial charge is 0.251 e. The Hall–Kier alpha value is -4.70. The van der Waals surface area contributed by atoms with Crippen molar-refractivity contribution in [3.8, 4) is 16.9 Å². The van der Waals surface area contributed by atoms with E-state index < -0.39 is 34.9 Å². The van der Waals surface area contributed by atoms with Crippen molar-refractivity contribution < 1.29 is 27.5 Å². The number of anilines is 1. The van der Waals surface area contributed by atoms with Crippen LogP contribution in [0.1, 0.15) is 43.1 Å². The van der Waals surface area contributed by atoms with Gasteiger partial charge in [-0.05, 0) is 86.8 Å². The van der Waals surface area contributed by atoms with Crippen molar-refractivity contribution in [2.75, 3.05) is 18.0 Å². The fourth-order valence-corrected chi connectivity index (χ4v) is 5.77. The Bertz CT molecular complexity index is 1670. The summed E-state index contributed by atoms with van der Waals surface area (Å²) in [6, 6.07) is 19.3. The largest absolute Gasteiger partial charge is 0.489 e. The summed E-state index contributed by atoms with van der Waals surface area (Å²) in [5, 5.41) is 0. The molecule has 2 amide bonds. The minimum absolute atomic E-state index is 0.0360. The maximum absolute atomic E-state index is 14.7. The lowest BCUT2D eigenvalue weighted by molar-refractivity contribution is -0.124. The number of amides is 2. The normalized spacial score (nSPS) is 16.8. The van der Waals surface area contributed by atoms with Gasteiger partial charge in [-0.2, -0.15) is 0 Å². The highest BCUT2D eigenvalue weighted by Gasteiger charge is 2.45. The third kappa shape index (κ3) is 7.34. The molecular weight excluding hydrogens is 581 g/mol. The van der Waals surface area contributed by atoms with E-state index in [1.807, 2.05) is 51.1 Å². The molecule has 2 heterocycles. The Morgan fingerprint density at radius 2 is 1.69 bits per heavy atom. The molecule has 1 fully saturated rings. The number of nitrogens with two attached hydrogens (primary N) is 1. The first kappa shape index (κ1) is 31.7. The number of benzene rings is 3. The van der Waals surface area contributed by atoms with Gasteiger partial charge in [0.15, 0.2) is 0 Å². The van der Waals surface area contributed by atoms with E-state index in [9.17, 15) is 22.8 Å². The maximum Gasteiger partial charge on any atom is 0.251 e. The molecule has 2 N–H and O–H groups in total. The average Bonchev–Trinajstić information content (AvgIpc) is 3.42. The van der Waals surface area contributed by atoms with E-state index in [-0.39, 0.29) is 36.4 Å². The standard InChI is InChI=1S/C35H35F3N4O3/c1-35(2,3)42-21-27(45-26-8-5-4-6-9-26)20-31(42)34(44)41(15-13-22-16-24(36)19-25(37)17-22)33-28(10-7-14-40-33)23-11-12-30(38)29(18-23)32(39)43/h4-12,14,16-19,27,31H,13,15,20-21H2,1-3H3,(H2,39,43)/t27-,31-/m0/s1. The predicted molar refractivity (Wildman–Crippen MR) is 166 cm³/mol. The van der Waals surface area contributed by atoms with Gasteiger partial charge in [-0.3, -0.25) is 19.4 Å². The number of para-hydroxylation sites is 1. The molecular formula is C35H35F3N4O3. The highest BCUT2D eigenvalue weighted by atomic mass is 19.1. The number of nitrogens with zero attached hydrogens (tertiary/aromatic N) is 3. The highest BCUT2D eigenvalue weighted by molar-refractivity contribution is 6.00. The van der Waals surface area contributed by atoms with Gasteiger partial charge in [-0.25, -0.2) is 18.2 Å². The average molecular weight is 617 g/mol. The van der Waals surface area contributed by atoms with Crippen LogP contribution in [0.2, 0.25) is 0 Å². The lowest BCUT2D eigenvalue weighted by atomic mass is 10.0. The van der Waals surface area contributed by atoms with Gasteiger partial charge < -0.3 is 10.5 Å². The molecule has 0 radical (unpaired) electrons. The zero-order valence-electron chi connectivity index (χ0n) is 25.3. The van der Waals surface area contributed by atoms with E-state index in [2.05, 4.69) is 9.88 Å². The van der Waals surface area contributed by atoms with Crippen molar-refractivity contribution in [3.05, 3.63) is 114 Å². The van der Waals surface area contributed by atoms with Crippen molar-refractivity contribution in [2.45, 2.75) is 51.3 Å². The minimum atomic E-state index is -0.933. The SMILES string of the molecule is CC(C)(C)N1C[C@@H](Oc2ccccc2)C[C@H]1C(=O)N(CCc1cc(F)cc(F)c1)c1ncccc1-c1ccc(F)c(C(N)=O)c1. The number of aromatic nitrogens is 1. The number of pyridine rings is 1. The Morgan fingerprint density at radius 1 is 0.978 bits per heavy atom. The van der Waals surface area contributed by atoms with E-state index in [0.717, 1.165) is 12.1 Å². The molecule has 2 atom stereocenters. The molecule has 45 heavy (non-hydrogen) atoms. The van der Waals surface area contributed by atoms with Crippen LogP contribution in [-0.2, 0) is 11.2 Å². The molecule has 5 rings (SSSR count). The zero-order valence-corrected chi connectivity index (χ0v) is 25.3. The molecule has 1 aliphatic rings.